The number of nitrogens with zero attached hydrogens (tertiary/aromatic N) is 3. The lowest BCUT2D eigenvalue weighted by atomic mass is 10.0. The van der Waals surface area contributed by atoms with E-state index in [1.54, 1.807) is 0 Å². The first-order valence-electron chi connectivity index (χ1n) is 7.60. The molecule has 0 aliphatic carbocycles. The minimum atomic E-state index is 0.133. The molecule has 2 heterocycles. The molecular weight excluding hydrogens is 252 g/mol. The lowest BCUT2D eigenvalue weighted by molar-refractivity contribution is 0.0696. The molecule has 112 valence electrons. The number of aromatic nitrogens is 2. The molecule has 1 aliphatic heterocycles. The predicted molar refractivity (Wildman–Crippen MR) is 80.0 cm³/mol. The van der Waals surface area contributed by atoms with E-state index in [1.165, 1.54) is 0 Å². The van der Waals surface area contributed by atoms with Crippen LogP contribution in [0.3, 0.4) is 0 Å². The Bertz CT molecular complexity index is 466. The maximum Gasteiger partial charge on any atom is 0.257 e. The van der Waals surface area contributed by atoms with E-state index in [-0.39, 0.29) is 11.8 Å². The topological polar surface area (TPSA) is 50.2 Å². The van der Waals surface area contributed by atoms with E-state index in [0.29, 0.717) is 6.04 Å². The summed E-state index contributed by atoms with van der Waals surface area (Å²) in [5.74, 6) is 0.403. The van der Waals surface area contributed by atoms with Crippen molar-refractivity contribution in [1.29, 1.82) is 0 Å². The minimum Gasteiger partial charge on any atom is -0.337 e. The van der Waals surface area contributed by atoms with Crippen LogP contribution in [0.1, 0.15) is 55.6 Å². The average molecular weight is 278 g/mol. The van der Waals surface area contributed by atoms with Gasteiger partial charge in [-0.05, 0) is 32.7 Å². The Morgan fingerprint density at radius 2 is 2.30 bits per heavy atom. The number of carbonyl (C=O) groups excluding carboxylic acids is 1. The molecule has 1 atom stereocenters. The highest BCUT2D eigenvalue weighted by molar-refractivity contribution is 5.95. The third kappa shape index (κ3) is 3.03. The molecule has 2 rings (SSSR count). The van der Waals surface area contributed by atoms with E-state index < -0.39 is 0 Å². The number of nitrogens with one attached hydrogen (secondary N) is 1. The monoisotopic (exact) mass is 278 g/mol. The van der Waals surface area contributed by atoms with Gasteiger partial charge in [-0.15, -0.1) is 0 Å². The zero-order valence-electron chi connectivity index (χ0n) is 13.0. The summed E-state index contributed by atoms with van der Waals surface area (Å²) in [7, 11) is 1.97. The van der Waals surface area contributed by atoms with Gasteiger partial charge in [0.05, 0.1) is 11.3 Å². The lowest BCUT2D eigenvalue weighted by Gasteiger charge is -2.32. The van der Waals surface area contributed by atoms with Gasteiger partial charge in [-0.3, -0.25) is 9.48 Å². The van der Waals surface area contributed by atoms with Crippen LogP contribution >= 0.6 is 0 Å². The van der Waals surface area contributed by atoms with Crippen LogP contribution in [0.5, 0.6) is 0 Å². The zero-order chi connectivity index (χ0) is 14.7. The van der Waals surface area contributed by atoms with Gasteiger partial charge < -0.3 is 10.2 Å². The van der Waals surface area contributed by atoms with E-state index in [9.17, 15) is 4.79 Å². The molecule has 5 nitrogen and oxygen atoms in total. The van der Waals surface area contributed by atoms with Gasteiger partial charge in [0.1, 0.15) is 0 Å². The van der Waals surface area contributed by atoms with Gasteiger partial charge in [-0.1, -0.05) is 13.8 Å². The number of hydrogen-bond donors (Lipinski definition) is 1. The van der Waals surface area contributed by atoms with E-state index in [0.717, 1.165) is 43.7 Å². The van der Waals surface area contributed by atoms with Crippen molar-refractivity contribution in [3.63, 3.8) is 0 Å². The lowest BCUT2D eigenvalue weighted by Crippen LogP contribution is -2.47. The number of likely N-dealkylation sites (N-methyl/N-ethyl adjacent to an activating group) is 1. The summed E-state index contributed by atoms with van der Waals surface area (Å²) in [4.78, 5) is 14.7. The number of piperidine rings is 1. The number of likely N-dealkylation sites (tertiary alicyclic amines) is 1. The third-order valence-electron chi connectivity index (χ3n) is 4.01. The van der Waals surface area contributed by atoms with Crippen molar-refractivity contribution < 1.29 is 4.79 Å². The normalized spacial score (nSPS) is 19.6. The average Bonchev–Trinajstić information content (AvgIpc) is 2.91. The molecule has 0 saturated carbocycles. The first kappa shape index (κ1) is 15.0. The Kier molecular flexibility index (Phi) is 4.81. The van der Waals surface area contributed by atoms with E-state index >= 15 is 0 Å². The van der Waals surface area contributed by atoms with Gasteiger partial charge in [0, 0.05) is 31.9 Å². The molecule has 1 amide bonds. The zero-order valence-corrected chi connectivity index (χ0v) is 13.0. The summed E-state index contributed by atoms with van der Waals surface area (Å²) >= 11 is 0. The maximum absolute atomic E-state index is 12.8. The largest absolute Gasteiger partial charge is 0.337 e. The molecule has 1 saturated heterocycles. The van der Waals surface area contributed by atoms with Crippen LogP contribution < -0.4 is 5.32 Å². The maximum atomic E-state index is 12.8. The quantitative estimate of drug-likeness (QED) is 0.914. The Balaban J connectivity index is 2.21. The van der Waals surface area contributed by atoms with Gasteiger partial charge >= 0.3 is 0 Å². The second-order valence-electron chi connectivity index (χ2n) is 5.82. The van der Waals surface area contributed by atoms with Crippen LogP contribution in [0.2, 0.25) is 0 Å². The Morgan fingerprint density at radius 1 is 1.55 bits per heavy atom. The highest BCUT2D eigenvalue weighted by Gasteiger charge is 2.27. The fourth-order valence-electron chi connectivity index (χ4n) is 2.76. The van der Waals surface area contributed by atoms with Crippen LogP contribution in [-0.2, 0) is 6.54 Å². The van der Waals surface area contributed by atoms with Crippen molar-refractivity contribution in [2.45, 2.75) is 52.1 Å². The highest BCUT2D eigenvalue weighted by Crippen LogP contribution is 2.21. The smallest absolute Gasteiger partial charge is 0.257 e. The molecular formula is C15H26N4O. The fraction of sp³-hybridized carbons (Fsp3) is 0.733. The molecule has 1 unspecified atom stereocenters. The van der Waals surface area contributed by atoms with Crippen LogP contribution in [0.25, 0.3) is 0 Å². The summed E-state index contributed by atoms with van der Waals surface area (Å²) < 4.78 is 1.86. The fourth-order valence-corrected chi connectivity index (χ4v) is 2.76. The Labute approximate surface area is 121 Å². The van der Waals surface area contributed by atoms with Crippen molar-refractivity contribution in [2.75, 3.05) is 20.1 Å². The molecule has 20 heavy (non-hydrogen) atoms. The molecule has 0 radical (unpaired) electrons. The summed E-state index contributed by atoms with van der Waals surface area (Å²) in [6.45, 7) is 8.67. The molecule has 0 aromatic carbocycles. The molecule has 5 heteroatoms. The van der Waals surface area contributed by atoms with Gasteiger partial charge in [0.25, 0.3) is 5.91 Å². The first-order chi connectivity index (χ1) is 9.56. The molecule has 1 aromatic rings. The molecule has 1 aromatic heterocycles. The minimum absolute atomic E-state index is 0.133. The van der Waals surface area contributed by atoms with Crippen LogP contribution in [0.15, 0.2) is 6.20 Å². The summed E-state index contributed by atoms with van der Waals surface area (Å²) in [5, 5.41) is 7.82. The summed E-state index contributed by atoms with van der Waals surface area (Å²) in [6, 6.07) is 0.413. The summed E-state index contributed by atoms with van der Waals surface area (Å²) in [6.07, 6.45) is 4.11. The second kappa shape index (κ2) is 6.39. The highest BCUT2D eigenvalue weighted by atomic mass is 16.2. The van der Waals surface area contributed by atoms with Gasteiger partial charge in [0.2, 0.25) is 0 Å². The Morgan fingerprint density at radius 3 is 2.90 bits per heavy atom. The SMILES string of the molecule is CCn1cc(C(=O)N2CCCC(NC)C2)c(C(C)C)n1. The van der Waals surface area contributed by atoms with E-state index in [4.69, 9.17) is 0 Å². The standard InChI is InChI=1S/C15H26N4O/c1-5-19-10-13(14(17-19)11(2)3)15(20)18-8-6-7-12(9-18)16-4/h10-12,16H,5-9H2,1-4H3. The van der Waals surface area contributed by atoms with Crippen LogP contribution in [0.4, 0.5) is 0 Å². The number of carbonyl (C=O) groups is 1. The number of amides is 1. The van der Waals surface area contributed by atoms with E-state index in [2.05, 4.69) is 24.3 Å². The second-order valence-corrected chi connectivity index (χ2v) is 5.82. The predicted octanol–water partition coefficient (Wildman–Crippen LogP) is 1.85. The summed E-state index contributed by atoms with van der Waals surface area (Å²) in [5.41, 5.74) is 1.70. The van der Waals surface area contributed by atoms with Crippen molar-refractivity contribution >= 4 is 5.91 Å². The van der Waals surface area contributed by atoms with Crippen LogP contribution in [-0.4, -0.2) is 46.8 Å². The molecule has 1 aliphatic rings. The van der Waals surface area contributed by atoms with E-state index in [1.807, 2.05) is 29.7 Å². The third-order valence-corrected chi connectivity index (χ3v) is 4.01. The molecule has 0 spiro atoms. The number of rotatable bonds is 4. The van der Waals surface area contributed by atoms with Gasteiger partial charge in [0.15, 0.2) is 0 Å². The van der Waals surface area contributed by atoms with Gasteiger partial charge in [-0.2, -0.15) is 5.10 Å². The van der Waals surface area contributed by atoms with Crippen molar-refractivity contribution in [2.24, 2.45) is 0 Å². The first-order valence-corrected chi connectivity index (χ1v) is 7.60. The molecule has 1 fully saturated rings. The Hall–Kier alpha value is -1.36. The molecule has 0 bridgehead atoms. The molecule has 1 N–H and O–H groups in total. The number of hydrogen-bond acceptors (Lipinski definition) is 3. The van der Waals surface area contributed by atoms with Crippen LogP contribution in [0, 0.1) is 0 Å². The van der Waals surface area contributed by atoms with Crippen molar-refractivity contribution in [1.82, 2.24) is 20.0 Å². The number of aryl methyl sites for hydroxylation is 1. The van der Waals surface area contributed by atoms with Crippen molar-refractivity contribution in [3.05, 3.63) is 17.5 Å². The van der Waals surface area contributed by atoms with Crippen molar-refractivity contribution in [3.8, 4) is 0 Å². The van der Waals surface area contributed by atoms with Gasteiger partial charge in [-0.25, -0.2) is 0 Å².